The van der Waals surface area contributed by atoms with Gasteiger partial charge in [0.25, 0.3) is 0 Å². The van der Waals surface area contributed by atoms with Crippen LogP contribution in [0.3, 0.4) is 0 Å². The number of hydrogen-bond donors (Lipinski definition) is 2. The molecule has 0 aromatic heterocycles. The fourth-order valence-electron chi connectivity index (χ4n) is 1.93. The van der Waals surface area contributed by atoms with Gasteiger partial charge in [0, 0.05) is 29.9 Å². The Morgan fingerprint density at radius 3 is 2.65 bits per heavy atom. The molecular formula is C16H17ClN2O. The summed E-state index contributed by atoms with van der Waals surface area (Å²) in [6.07, 6.45) is 0. The first-order valence-electron chi connectivity index (χ1n) is 6.42. The van der Waals surface area contributed by atoms with Gasteiger partial charge in [-0.3, -0.25) is 4.79 Å². The van der Waals surface area contributed by atoms with Gasteiger partial charge in [-0.25, -0.2) is 0 Å². The molecule has 0 bridgehead atoms. The molecule has 0 atom stereocenters. The van der Waals surface area contributed by atoms with Gasteiger partial charge in [-0.05, 0) is 36.2 Å². The van der Waals surface area contributed by atoms with Crippen LogP contribution in [-0.4, -0.2) is 5.91 Å². The molecule has 0 saturated carbocycles. The number of carbonyl (C=O) groups excluding carboxylic acids is 1. The van der Waals surface area contributed by atoms with E-state index in [-0.39, 0.29) is 5.91 Å². The zero-order valence-corrected chi connectivity index (χ0v) is 12.3. The van der Waals surface area contributed by atoms with Gasteiger partial charge >= 0.3 is 0 Å². The Kier molecular flexibility index (Phi) is 4.64. The number of benzene rings is 2. The monoisotopic (exact) mass is 288 g/mol. The SMILES string of the molecule is CC(=O)Nc1ccc(C)c(NCc2ccccc2Cl)c1. The fourth-order valence-corrected chi connectivity index (χ4v) is 2.13. The van der Waals surface area contributed by atoms with E-state index in [1.807, 2.05) is 49.4 Å². The van der Waals surface area contributed by atoms with Crippen molar-refractivity contribution >= 4 is 28.9 Å². The van der Waals surface area contributed by atoms with Crippen LogP contribution in [0.25, 0.3) is 0 Å². The van der Waals surface area contributed by atoms with E-state index in [0.717, 1.165) is 27.5 Å². The molecule has 0 aliphatic carbocycles. The summed E-state index contributed by atoms with van der Waals surface area (Å²) in [7, 11) is 0. The second-order valence-corrected chi connectivity index (χ2v) is 5.06. The first kappa shape index (κ1) is 14.4. The van der Waals surface area contributed by atoms with Crippen molar-refractivity contribution < 1.29 is 4.79 Å². The highest BCUT2D eigenvalue weighted by Gasteiger charge is 2.03. The number of anilines is 2. The lowest BCUT2D eigenvalue weighted by molar-refractivity contribution is -0.114. The van der Waals surface area contributed by atoms with E-state index in [9.17, 15) is 4.79 Å². The Balaban J connectivity index is 2.12. The molecule has 0 fully saturated rings. The highest BCUT2D eigenvalue weighted by atomic mass is 35.5. The van der Waals surface area contributed by atoms with Crippen molar-refractivity contribution in [1.29, 1.82) is 0 Å². The fraction of sp³-hybridized carbons (Fsp3) is 0.188. The van der Waals surface area contributed by atoms with Crippen molar-refractivity contribution in [3.05, 3.63) is 58.6 Å². The second-order valence-electron chi connectivity index (χ2n) is 4.66. The standard InChI is InChI=1S/C16H17ClN2O/c1-11-7-8-14(19-12(2)20)9-16(11)18-10-13-5-3-4-6-15(13)17/h3-9,18H,10H2,1-2H3,(H,19,20). The van der Waals surface area contributed by atoms with Crippen LogP contribution in [0.15, 0.2) is 42.5 Å². The van der Waals surface area contributed by atoms with Crippen molar-refractivity contribution in [3.8, 4) is 0 Å². The summed E-state index contributed by atoms with van der Waals surface area (Å²) in [5.41, 5.74) is 3.92. The predicted molar refractivity (Wildman–Crippen MR) is 84.3 cm³/mol. The van der Waals surface area contributed by atoms with Crippen molar-refractivity contribution in [2.45, 2.75) is 20.4 Å². The molecule has 2 N–H and O–H groups in total. The molecule has 4 heteroatoms. The van der Waals surface area contributed by atoms with Gasteiger partial charge in [0.15, 0.2) is 0 Å². The molecule has 3 nitrogen and oxygen atoms in total. The van der Waals surface area contributed by atoms with E-state index in [1.165, 1.54) is 6.92 Å². The van der Waals surface area contributed by atoms with Crippen molar-refractivity contribution in [1.82, 2.24) is 0 Å². The number of hydrogen-bond acceptors (Lipinski definition) is 2. The summed E-state index contributed by atoms with van der Waals surface area (Å²) in [6, 6.07) is 13.5. The van der Waals surface area contributed by atoms with E-state index in [2.05, 4.69) is 10.6 Å². The van der Waals surface area contributed by atoms with Gasteiger partial charge in [-0.2, -0.15) is 0 Å². The Hall–Kier alpha value is -2.00. The molecule has 1 amide bonds. The van der Waals surface area contributed by atoms with Gasteiger partial charge in [0.2, 0.25) is 5.91 Å². The van der Waals surface area contributed by atoms with E-state index >= 15 is 0 Å². The Morgan fingerprint density at radius 1 is 1.20 bits per heavy atom. The van der Waals surface area contributed by atoms with Crippen LogP contribution >= 0.6 is 11.6 Å². The lowest BCUT2D eigenvalue weighted by Crippen LogP contribution is -2.07. The zero-order chi connectivity index (χ0) is 14.5. The summed E-state index contributed by atoms with van der Waals surface area (Å²) >= 11 is 6.13. The van der Waals surface area contributed by atoms with E-state index < -0.39 is 0 Å². The lowest BCUT2D eigenvalue weighted by Gasteiger charge is -2.12. The van der Waals surface area contributed by atoms with Crippen LogP contribution < -0.4 is 10.6 Å². The number of amides is 1. The average molecular weight is 289 g/mol. The third-order valence-corrected chi connectivity index (χ3v) is 3.35. The average Bonchev–Trinajstić information content (AvgIpc) is 2.40. The van der Waals surface area contributed by atoms with Crippen LogP contribution in [-0.2, 0) is 11.3 Å². The molecule has 2 rings (SSSR count). The number of carbonyl (C=O) groups is 1. The van der Waals surface area contributed by atoms with Gasteiger partial charge in [0.1, 0.15) is 0 Å². The Morgan fingerprint density at radius 2 is 1.95 bits per heavy atom. The van der Waals surface area contributed by atoms with Crippen LogP contribution in [0.5, 0.6) is 0 Å². The maximum Gasteiger partial charge on any atom is 0.221 e. The van der Waals surface area contributed by atoms with Crippen LogP contribution in [0.1, 0.15) is 18.1 Å². The van der Waals surface area contributed by atoms with E-state index in [4.69, 9.17) is 11.6 Å². The molecule has 2 aromatic carbocycles. The molecule has 0 heterocycles. The summed E-state index contributed by atoms with van der Waals surface area (Å²) in [5, 5.41) is 6.87. The topological polar surface area (TPSA) is 41.1 Å². The third kappa shape index (κ3) is 3.75. The number of halogens is 1. The van der Waals surface area contributed by atoms with Crippen molar-refractivity contribution in [3.63, 3.8) is 0 Å². The summed E-state index contributed by atoms with van der Waals surface area (Å²) in [6.45, 7) is 4.16. The maximum absolute atomic E-state index is 11.1. The Labute approximate surface area is 124 Å². The van der Waals surface area contributed by atoms with Gasteiger partial charge in [-0.1, -0.05) is 35.9 Å². The largest absolute Gasteiger partial charge is 0.381 e. The zero-order valence-electron chi connectivity index (χ0n) is 11.5. The summed E-state index contributed by atoms with van der Waals surface area (Å²) < 4.78 is 0. The van der Waals surface area contributed by atoms with Crippen LogP contribution in [0.2, 0.25) is 5.02 Å². The quantitative estimate of drug-likeness (QED) is 0.884. The molecule has 0 unspecified atom stereocenters. The number of nitrogens with one attached hydrogen (secondary N) is 2. The van der Waals surface area contributed by atoms with Crippen LogP contribution in [0, 0.1) is 6.92 Å². The molecule has 0 aliphatic rings. The number of rotatable bonds is 4. The van der Waals surface area contributed by atoms with Gasteiger partial charge in [0.05, 0.1) is 0 Å². The second kappa shape index (κ2) is 6.44. The minimum atomic E-state index is -0.0779. The molecular weight excluding hydrogens is 272 g/mol. The van der Waals surface area contributed by atoms with Crippen molar-refractivity contribution in [2.24, 2.45) is 0 Å². The lowest BCUT2D eigenvalue weighted by atomic mass is 10.1. The number of aryl methyl sites for hydroxylation is 1. The van der Waals surface area contributed by atoms with Gasteiger partial charge < -0.3 is 10.6 Å². The van der Waals surface area contributed by atoms with E-state index in [0.29, 0.717) is 6.54 Å². The normalized spacial score (nSPS) is 10.2. The predicted octanol–water partition coefficient (Wildman–Crippen LogP) is 4.22. The highest BCUT2D eigenvalue weighted by Crippen LogP contribution is 2.22. The first-order chi connectivity index (χ1) is 9.56. The molecule has 0 saturated heterocycles. The van der Waals surface area contributed by atoms with E-state index in [1.54, 1.807) is 0 Å². The minimum absolute atomic E-state index is 0.0779. The van der Waals surface area contributed by atoms with Crippen LogP contribution in [0.4, 0.5) is 11.4 Å². The smallest absolute Gasteiger partial charge is 0.221 e. The molecule has 104 valence electrons. The molecule has 0 aliphatic heterocycles. The molecule has 0 spiro atoms. The maximum atomic E-state index is 11.1. The first-order valence-corrected chi connectivity index (χ1v) is 6.79. The summed E-state index contributed by atoms with van der Waals surface area (Å²) in [4.78, 5) is 11.1. The van der Waals surface area contributed by atoms with Crippen molar-refractivity contribution in [2.75, 3.05) is 10.6 Å². The third-order valence-electron chi connectivity index (χ3n) is 2.99. The molecule has 0 radical (unpaired) electrons. The van der Waals surface area contributed by atoms with Gasteiger partial charge in [-0.15, -0.1) is 0 Å². The minimum Gasteiger partial charge on any atom is -0.381 e. The highest BCUT2D eigenvalue weighted by molar-refractivity contribution is 6.31. The Bertz CT molecular complexity index is 626. The molecule has 20 heavy (non-hydrogen) atoms. The summed E-state index contributed by atoms with van der Waals surface area (Å²) in [5.74, 6) is -0.0779. The molecule has 2 aromatic rings.